The third-order valence-electron chi connectivity index (χ3n) is 3.00. The van der Waals surface area contributed by atoms with Gasteiger partial charge in [-0.05, 0) is 19.4 Å². The van der Waals surface area contributed by atoms with Crippen LogP contribution in [0.1, 0.15) is 12.5 Å². The lowest BCUT2D eigenvalue weighted by molar-refractivity contribution is -0.387. The molecule has 90 valence electrons. The highest BCUT2D eigenvalue weighted by Crippen LogP contribution is 2.35. The van der Waals surface area contributed by atoms with Crippen LogP contribution in [0, 0.1) is 15.9 Å². The maximum Gasteiger partial charge on any atom is 0.305 e. The summed E-state index contributed by atoms with van der Waals surface area (Å²) in [7, 11) is 0. The van der Waals surface area contributed by atoms with E-state index >= 15 is 0 Å². The first-order chi connectivity index (χ1) is 8.06. The summed E-state index contributed by atoms with van der Waals surface area (Å²) < 4.78 is 13.8. The van der Waals surface area contributed by atoms with Crippen molar-refractivity contribution in [2.75, 3.05) is 11.4 Å². The van der Waals surface area contributed by atoms with Crippen LogP contribution in [-0.4, -0.2) is 23.8 Å². The number of nitrogens with zero attached hydrogens (tertiary/aromatic N) is 2. The number of nitro groups is 1. The molecule has 6 heteroatoms. The standard InChI is InChI=1S/C11H11FN2O3/c1-7(6-15)13-5-4-8-9(13)2-3-10(11(8)12)14(16)17/h2-3,6-7H,4-5H2,1H3. The number of anilines is 1. The second-order valence-electron chi connectivity index (χ2n) is 3.97. The van der Waals surface area contributed by atoms with E-state index in [0.29, 0.717) is 24.2 Å². The van der Waals surface area contributed by atoms with E-state index in [9.17, 15) is 19.3 Å². The predicted molar refractivity (Wildman–Crippen MR) is 59.6 cm³/mol. The van der Waals surface area contributed by atoms with Crippen molar-refractivity contribution in [1.29, 1.82) is 0 Å². The number of fused-ring (bicyclic) bond motifs is 1. The van der Waals surface area contributed by atoms with Crippen molar-refractivity contribution >= 4 is 17.7 Å². The highest BCUT2D eigenvalue weighted by molar-refractivity contribution is 5.70. The summed E-state index contributed by atoms with van der Waals surface area (Å²) in [6.07, 6.45) is 1.16. The number of hydrogen-bond donors (Lipinski definition) is 0. The third-order valence-corrected chi connectivity index (χ3v) is 3.00. The first-order valence-corrected chi connectivity index (χ1v) is 5.24. The van der Waals surface area contributed by atoms with Gasteiger partial charge in [-0.2, -0.15) is 4.39 Å². The molecule has 1 aliphatic rings. The molecule has 0 amide bonds. The zero-order valence-electron chi connectivity index (χ0n) is 9.22. The molecular formula is C11H11FN2O3. The van der Waals surface area contributed by atoms with Crippen molar-refractivity contribution in [3.63, 3.8) is 0 Å². The smallest absolute Gasteiger partial charge is 0.305 e. The van der Waals surface area contributed by atoms with Gasteiger partial charge in [0.2, 0.25) is 5.82 Å². The quantitative estimate of drug-likeness (QED) is 0.456. The van der Waals surface area contributed by atoms with Gasteiger partial charge in [0.15, 0.2) is 0 Å². The molecule has 1 aromatic carbocycles. The van der Waals surface area contributed by atoms with Crippen molar-refractivity contribution in [2.24, 2.45) is 0 Å². The molecule has 17 heavy (non-hydrogen) atoms. The van der Waals surface area contributed by atoms with Gasteiger partial charge < -0.3 is 9.69 Å². The normalized spacial score (nSPS) is 15.5. The molecule has 0 N–H and O–H groups in total. The minimum atomic E-state index is -0.784. The van der Waals surface area contributed by atoms with Crippen LogP contribution < -0.4 is 4.90 Å². The van der Waals surface area contributed by atoms with Gasteiger partial charge in [-0.3, -0.25) is 10.1 Å². The van der Waals surface area contributed by atoms with Crippen molar-refractivity contribution in [1.82, 2.24) is 0 Å². The van der Waals surface area contributed by atoms with Gasteiger partial charge in [0.05, 0.1) is 11.0 Å². The lowest BCUT2D eigenvalue weighted by Gasteiger charge is -2.22. The SMILES string of the molecule is CC(C=O)N1CCc2c1ccc([N+](=O)[O-])c2F. The molecule has 1 atom stereocenters. The van der Waals surface area contributed by atoms with Gasteiger partial charge in [-0.1, -0.05) is 0 Å². The average molecular weight is 238 g/mol. The average Bonchev–Trinajstić information content (AvgIpc) is 2.72. The zero-order valence-corrected chi connectivity index (χ0v) is 9.22. The topological polar surface area (TPSA) is 63.5 Å². The number of carbonyl (C=O) groups is 1. The lowest BCUT2D eigenvalue weighted by atomic mass is 10.1. The monoisotopic (exact) mass is 238 g/mol. The molecule has 5 nitrogen and oxygen atoms in total. The molecule has 1 aromatic rings. The third kappa shape index (κ3) is 1.75. The Kier molecular flexibility index (Phi) is 2.79. The van der Waals surface area contributed by atoms with E-state index < -0.39 is 16.4 Å². The van der Waals surface area contributed by atoms with Crippen LogP contribution in [0.2, 0.25) is 0 Å². The molecule has 0 spiro atoms. The molecule has 0 aromatic heterocycles. The molecule has 1 heterocycles. The summed E-state index contributed by atoms with van der Waals surface area (Å²) in [5.74, 6) is -0.784. The van der Waals surface area contributed by atoms with E-state index in [1.54, 1.807) is 11.8 Å². The fourth-order valence-corrected chi connectivity index (χ4v) is 2.10. The fourth-order valence-electron chi connectivity index (χ4n) is 2.10. The zero-order chi connectivity index (χ0) is 12.6. The molecule has 0 fully saturated rings. The van der Waals surface area contributed by atoms with Gasteiger partial charge in [0.1, 0.15) is 6.29 Å². The largest absolute Gasteiger partial charge is 0.361 e. The highest BCUT2D eigenvalue weighted by atomic mass is 19.1. The molecule has 1 aliphatic heterocycles. The van der Waals surface area contributed by atoms with Crippen LogP contribution in [0.5, 0.6) is 0 Å². The van der Waals surface area contributed by atoms with Gasteiger partial charge >= 0.3 is 5.69 Å². The Bertz CT molecular complexity index is 490. The van der Waals surface area contributed by atoms with Crippen LogP contribution in [0.4, 0.5) is 15.8 Å². The summed E-state index contributed by atoms with van der Waals surface area (Å²) >= 11 is 0. The number of halogens is 1. The first kappa shape index (κ1) is 11.5. The Hall–Kier alpha value is -1.98. The van der Waals surface area contributed by atoms with E-state index in [1.165, 1.54) is 6.07 Å². The van der Waals surface area contributed by atoms with Crippen LogP contribution in [0.25, 0.3) is 0 Å². The van der Waals surface area contributed by atoms with Crippen LogP contribution in [0.3, 0.4) is 0 Å². The molecule has 0 bridgehead atoms. The van der Waals surface area contributed by atoms with Crippen molar-refractivity contribution in [3.8, 4) is 0 Å². The number of nitro benzene ring substituents is 1. The second kappa shape index (κ2) is 4.12. The Balaban J connectivity index is 2.47. The molecule has 0 saturated heterocycles. The Labute approximate surface area is 97.0 Å². The maximum atomic E-state index is 13.8. The van der Waals surface area contributed by atoms with Gasteiger partial charge in [-0.25, -0.2) is 0 Å². The van der Waals surface area contributed by atoms with Crippen LogP contribution >= 0.6 is 0 Å². The Morgan fingerprint density at radius 2 is 2.29 bits per heavy atom. The summed E-state index contributed by atoms with van der Waals surface area (Å²) in [5.41, 5.74) is 0.393. The van der Waals surface area contributed by atoms with Gasteiger partial charge in [0.25, 0.3) is 0 Å². The molecule has 0 aliphatic carbocycles. The predicted octanol–water partition coefficient (Wildman–Crippen LogP) is 1.68. The number of rotatable bonds is 3. The number of hydrogen-bond acceptors (Lipinski definition) is 4. The highest BCUT2D eigenvalue weighted by Gasteiger charge is 2.29. The van der Waals surface area contributed by atoms with Gasteiger partial charge in [-0.15, -0.1) is 0 Å². The van der Waals surface area contributed by atoms with E-state index in [4.69, 9.17) is 0 Å². The number of carbonyl (C=O) groups excluding carboxylic acids is 1. The first-order valence-electron chi connectivity index (χ1n) is 5.24. The van der Waals surface area contributed by atoms with Crippen molar-refractivity contribution < 1.29 is 14.1 Å². The van der Waals surface area contributed by atoms with E-state index in [1.807, 2.05) is 0 Å². The Morgan fingerprint density at radius 1 is 1.59 bits per heavy atom. The summed E-state index contributed by atoms with van der Waals surface area (Å²) in [4.78, 5) is 22.3. The van der Waals surface area contributed by atoms with Crippen molar-refractivity contribution in [3.05, 3.63) is 33.6 Å². The summed E-state index contributed by atoms with van der Waals surface area (Å²) in [6, 6.07) is 2.30. The molecule has 1 unspecified atom stereocenters. The van der Waals surface area contributed by atoms with E-state index in [-0.39, 0.29) is 6.04 Å². The summed E-state index contributed by atoms with van der Waals surface area (Å²) in [5, 5.41) is 10.6. The Morgan fingerprint density at radius 3 is 2.88 bits per heavy atom. The number of aldehydes is 1. The fraction of sp³-hybridized carbons (Fsp3) is 0.364. The maximum absolute atomic E-state index is 13.8. The minimum absolute atomic E-state index is 0.327. The molecular weight excluding hydrogens is 227 g/mol. The number of benzene rings is 1. The van der Waals surface area contributed by atoms with Crippen LogP contribution in [0.15, 0.2) is 12.1 Å². The minimum Gasteiger partial charge on any atom is -0.361 e. The van der Waals surface area contributed by atoms with Crippen molar-refractivity contribution in [2.45, 2.75) is 19.4 Å². The van der Waals surface area contributed by atoms with Gasteiger partial charge in [0, 0.05) is 23.9 Å². The summed E-state index contributed by atoms with van der Waals surface area (Å²) in [6.45, 7) is 2.22. The van der Waals surface area contributed by atoms with E-state index in [2.05, 4.69) is 0 Å². The van der Waals surface area contributed by atoms with Crippen LogP contribution in [-0.2, 0) is 11.2 Å². The molecule has 0 radical (unpaired) electrons. The molecule has 0 saturated carbocycles. The second-order valence-corrected chi connectivity index (χ2v) is 3.97. The lowest BCUT2D eigenvalue weighted by Crippen LogP contribution is -2.32. The van der Waals surface area contributed by atoms with E-state index in [0.717, 1.165) is 12.4 Å². The molecule has 2 rings (SSSR count).